The van der Waals surface area contributed by atoms with Crippen LogP contribution in [0.15, 0.2) is 4.99 Å². The van der Waals surface area contributed by atoms with E-state index in [1.54, 1.807) is 0 Å². The normalized spacial score (nSPS) is 25.0. The minimum absolute atomic E-state index is 0.0468. The van der Waals surface area contributed by atoms with Crippen molar-refractivity contribution in [3.63, 3.8) is 0 Å². The molecule has 1 heterocycles. The van der Waals surface area contributed by atoms with E-state index in [-0.39, 0.29) is 6.61 Å². The topological polar surface area (TPSA) is 67.8 Å². The summed E-state index contributed by atoms with van der Waals surface area (Å²) in [6.07, 6.45) is -4.73. The van der Waals surface area contributed by atoms with Crippen molar-refractivity contribution in [3.05, 3.63) is 0 Å². The molecule has 2 atom stereocenters. The van der Waals surface area contributed by atoms with Crippen molar-refractivity contribution in [2.45, 2.75) is 26.1 Å². The van der Waals surface area contributed by atoms with Gasteiger partial charge in [0, 0.05) is 6.04 Å². The van der Waals surface area contributed by atoms with E-state index in [1.165, 1.54) is 13.8 Å². The summed E-state index contributed by atoms with van der Waals surface area (Å²) in [6, 6.07) is -1.00. The van der Waals surface area contributed by atoms with Gasteiger partial charge in [0.15, 0.2) is 5.92 Å². The molecule has 1 rings (SSSR count). The van der Waals surface area contributed by atoms with Crippen LogP contribution in [0.5, 0.6) is 0 Å². The first-order chi connectivity index (χ1) is 7.77. The highest BCUT2D eigenvalue weighted by Crippen LogP contribution is 2.22. The highest BCUT2D eigenvalue weighted by Gasteiger charge is 2.45. The standard InChI is InChI=1S/C9H11F3N2O3/c1-3-17-7(16)5-4(2)13-8(9(10,11)12)14-6(5)15/h4-5H,3H2,1-2H3,(H,13,14,15). The Bertz CT molecular complexity index is 365. The van der Waals surface area contributed by atoms with Crippen LogP contribution < -0.4 is 5.32 Å². The van der Waals surface area contributed by atoms with Crippen LogP contribution in [0.25, 0.3) is 0 Å². The summed E-state index contributed by atoms with van der Waals surface area (Å²) in [7, 11) is 0. The van der Waals surface area contributed by atoms with Gasteiger partial charge in [-0.05, 0) is 13.8 Å². The zero-order chi connectivity index (χ0) is 13.2. The van der Waals surface area contributed by atoms with Crippen LogP contribution in [0.2, 0.25) is 0 Å². The maximum absolute atomic E-state index is 12.3. The van der Waals surface area contributed by atoms with Gasteiger partial charge in [0.05, 0.1) is 6.61 Å². The molecule has 1 amide bonds. The second-order valence-electron chi connectivity index (χ2n) is 3.46. The molecule has 0 saturated heterocycles. The lowest BCUT2D eigenvalue weighted by molar-refractivity contribution is -0.153. The minimum Gasteiger partial charge on any atom is -0.465 e. The molecule has 0 saturated carbocycles. The van der Waals surface area contributed by atoms with Gasteiger partial charge in [0.25, 0.3) is 5.91 Å². The number of rotatable bonds is 2. The van der Waals surface area contributed by atoms with E-state index < -0.39 is 35.8 Å². The second-order valence-corrected chi connectivity index (χ2v) is 3.46. The first kappa shape index (κ1) is 13.5. The van der Waals surface area contributed by atoms with Crippen molar-refractivity contribution >= 4 is 17.7 Å². The third-order valence-corrected chi connectivity index (χ3v) is 2.16. The Hall–Kier alpha value is -1.60. The molecular weight excluding hydrogens is 241 g/mol. The molecule has 1 aliphatic heterocycles. The molecule has 0 aliphatic carbocycles. The van der Waals surface area contributed by atoms with Crippen molar-refractivity contribution in [2.24, 2.45) is 10.9 Å². The third-order valence-electron chi connectivity index (χ3n) is 2.16. The van der Waals surface area contributed by atoms with Crippen molar-refractivity contribution in [2.75, 3.05) is 6.61 Å². The van der Waals surface area contributed by atoms with Crippen LogP contribution in [0.1, 0.15) is 13.8 Å². The molecule has 5 nitrogen and oxygen atoms in total. The van der Waals surface area contributed by atoms with Gasteiger partial charge in [-0.1, -0.05) is 0 Å². The molecule has 17 heavy (non-hydrogen) atoms. The maximum atomic E-state index is 12.3. The lowest BCUT2D eigenvalue weighted by atomic mass is 9.99. The van der Waals surface area contributed by atoms with E-state index >= 15 is 0 Å². The van der Waals surface area contributed by atoms with Crippen molar-refractivity contribution in [3.8, 4) is 0 Å². The second kappa shape index (κ2) is 4.72. The Morgan fingerprint density at radius 3 is 2.53 bits per heavy atom. The number of hydrogen-bond donors (Lipinski definition) is 1. The van der Waals surface area contributed by atoms with E-state index in [9.17, 15) is 22.8 Å². The third kappa shape index (κ3) is 2.95. The van der Waals surface area contributed by atoms with Crippen LogP contribution in [0, 0.1) is 5.92 Å². The van der Waals surface area contributed by atoms with Gasteiger partial charge in [0.1, 0.15) is 0 Å². The predicted molar refractivity (Wildman–Crippen MR) is 51.2 cm³/mol. The highest BCUT2D eigenvalue weighted by atomic mass is 19.4. The number of halogens is 3. The van der Waals surface area contributed by atoms with Gasteiger partial charge in [0.2, 0.25) is 5.84 Å². The predicted octanol–water partition coefficient (Wildman–Crippen LogP) is 0.645. The zero-order valence-electron chi connectivity index (χ0n) is 9.17. The largest absolute Gasteiger partial charge is 0.465 e. The molecule has 1 N–H and O–H groups in total. The van der Waals surface area contributed by atoms with E-state index in [0.29, 0.717) is 0 Å². The average Bonchev–Trinajstić information content (AvgIpc) is 2.15. The number of aliphatic imine (C=N–C) groups is 1. The summed E-state index contributed by atoms with van der Waals surface area (Å²) in [5, 5.41) is 1.98. The minimum atomic E-state index is -4.73. The lowest BCUT2D eigenvalue weighted by Crippen LogP contribution is -2.53. The SMILES string of the molecule is CCOC(=O)C1C(=O)N=C(C(F)(F)F)NC1C. The number of nitrogens with zero attached hydrogens (tertiary/aromatic N) is 1. The lowest BCUT2D eigenvalue weighted by Gasteiger charge is -2.27. The Morgan fingerprint density at radius 1 is 1.53 bits per heavy atom. The van der Waals surface area contributed by atoms with Gasteiger partial charge in [-0.3, -0.25) is 9.59 Å². The number of nitrogens with one attached hydrogen (secondary N) is 1. The number of carbonyl (C=O) groups excluding carboxylic acids is 2. The number of amidine groups is 1. The number of ether oxygens (including phenoxy) is 1. The Labute approximate surface area is 95.0 Å². The molecule has 2 unspecified atom stereocenters. The molecule has 0 fully saturated rings. The molecule has 0 aromatic carbocycles. The first-order valence-electron chi connectivity index (χ1n) is 4.90. The summed E-state index contributed by atoms with van der Waals surface area (Å²) >= 11 is 0. The van der Waals surface area contributed by atoms with Crippen LogP contribution in [-0.4, -0.2) is 36.5 Å². The quantitative estimate of drug-likeness (QED) is 0.578. The molecule has 0 radical (unpaired) electrons. The highest BCUT2D eigenvalue weighted by molar-refractivity contribution is 6.08. The monoisotopic (exact) mass is 252 g/mol. The summed E-state index contributed by atoms with van der Waals surface area (Å²) < 4.78 is 41.5. The Balaban J connectivity index is 2.92. The fourth-order valence-corrected chi connectivity index (χ4v) is 1.41. The molecule has 0 aromatic rings. The molecule has 0 aromatic heterocycles. The number of carbonyl (C=O) groups is 2. The fraction of sp³-hybridized carbons (Fsp3) is 0.667. The maximum Gasteiger partial charge on any atom is 0.449 e. The van der Waals surface area contributed by atoms with Crippen molar-refractivity contribution < 1.29 is 27.5 Å². The van der Waals surface area contributed by atoms with Gasteiger partial charge < -0.3 is 10.1 Å². The molecule has 8 heteroatoms. The van der Waals surface area contributed by atoms with Crippen LogP contribution >= 0.6 is 0 Å². The summed E-state index contributed by atoms with van der Waals surface area (Å²) in [5.74, 6) is -4.72. The van der Waals surface area contributed by atoms with E-state index in [2.05, 4.69) is 9.73 Å². The summed E-state index contributed by atoms with van der Waals surface area (Å²) in [6.45, 7) is 2.87. The van der Waals surface area contributed by atoms with Crippen molar-refractivity contribution in [1.82, 2.24) is 5.32 Å². The number of hydrogen-bond acceptors (Lipinski definition) is 4. The van der Waals surface area contributed by atoms with Gasteiger partial charge in [-0.25, -0.2) is 0 Å². The van der Waals surface area contributed by atoms with Gasteiger partial charge >= 0.3 is 12.1 Å². The zero-order valence-corrected chi connectivity index (χ0v) is 9.17. The molecule has 96 valence electrons. The number of esters is 1. The molecule has 1 aliphatic rings. The Kier molecular flexibility index (Phi) is 3.74. The van der Waals surface area contributed by atoms with Crippen LogP contribution in [0.3, 0.4) is 0 Å². The van der Waals surface area contributed by atoms with Gasteiger partial charge in [-0.15, -0.1) is 0 Å². The van der Waals surface area contributed by atoms with Crippen LogP contribution in [0.4, 0.5) is 13.2 Å². The summed E-state index contributed by atoms with van der Waals surface area (Å²) in [4.78, 5) is 25.5. The average molecular weight is 252 g/mol. The van der Waals surface area contributed by atoms with E-state index in [0.717, 1.165) is 0 Å². The van der Waals surface area contributed by atoms with E-state index in [4.69, 9.17) is 0 Å². The molecule has 0 bridgehead atoms. The Morgan fingerprint density at radius 2 is 2.12 bits per heavy atom. The van der Waals surface area contributed by atoms with Crippen LogP contribution in [-0.2, 0) is 14.3 Å². The fourth-order valence-electron chi connectivity index (χ4n) is 1.41. The number of alkyl halides is 3. The first-order valence-corrected chi connectivity index (χ1v) is 4.90. The molecular formula is C9H11F3N2O3. The van der Waals surface area contributed by atoms with E-state index in [1.807, 2.05) is 5.32 Å². The summed E-state index contributed by atoms with van der Waals surface area (Å²) in [5.41, 5.74) is 0. The van der Waals surface area contributed by atoms with Gasteiger partial charge in [-0.2, -0.15) is 18.2 Å². The number of amides is 1. The molecule has 0 spiro atoms. The smallest absolute Gasteiger partial charge is 0.449 e. The van der Waals surface area contributed by atoms with Crippen molar-refractivity contribution in [1.29, 1.82) is 0 Å².